The second-order valence-corrected chi connectivity index (χ2v) is 8.36. The number of amides is 1. The van der Waals surface area contributed by atoms with Gasteiger partial charge in [-0.1, -0.05) is 24.3 Å². The van der Waals surface area contributed by atoms with Crippen LogP contribution in [-0.4, -0.2) is 28.2 Å². The summed E-state index contributed by atoms with van der Waals surface area (Å²) in [6.07, 6.45) is -2.76. The molecule has 0 bridgehead atoms. The number of carbonyl (C=O) groups excluding carboxylic acids is 1. The zero-order chi connectivity index (χ0) is 22.6. The number of carbonyl (C=O) groups is 1. The monoisotopic (exact) mass is 453 g/mol. The van der Waals surface area contributed by atoms with Crippen LogP contribution in [0.3, 0.4) is 0 Å². The summed E-state index contributed by atoms with van der Waals surface area (Å²) >= 11 is 1.48. The van der Waals surface area contributed by atoms with Crippen molar-refractivity contribution >= 4 is 27.5 Å². The third kappa shape index (κ3) is 6.14. The lowest BCUT2D eigenvalue weighted by atomic mass is 10.1. The molecule has 6 nitrogen and oxygen atoms in total. The van der Waals surface area contributed by atoms with Crippen molar-refractivity contribution in [2.24, 2.45) is 0 Å². The molecular weight excluding hydrogens is 431 g/mol. The molecule has 0 aliphatic rings. The highest BCUT2D eigenvalue weighted by atomic mass is 32.1. The molecule has 3 aromatic rings. The minimum atomic E-state index is -4.35. The molecule has 1 N–H and O–H groups in total. The summed E-state index contributed by atoms with van der Waals surface area (Å²) in [5, 5.41) is 3.37. The number of fused-ring (bicyclic) bond motifs is 1. The molecule has 1 amide bonds. The Bertz CT molecular complexity index is 1120. The third-order valence-corrected chi connectivity index (χ3v) is 5.90. The Kier molecular flexibility index (Phi) is 7.11. The van der Waals surface area contributed by atoms with E-state index in [1.807, 2.05) is 13.8 Å². The summed E-state index contributed by atoms with van der Waals surface area (Å²) in [5.41, 5.74) is 2.18. The Labute approximate surface area is 180 Å². The molecule has 1 aromatic carbocycles. The first-order chi connectivity index (χ1) is 14.6. The van der Waals surface area contributed by atoms with E-state index in [4.69, 9.17) is 0 Å². The van der Waals surface area contributed by atoms with Crippen LogP contribution >= 0.6 is 11.3 Å². The molecule has 0 aliphatic carbocycles. The first kappa shape index (κ1) is 23.0. The highest BCUT2D eigenvalue weighted by Crippen LogP contribution is 2.25. The first-order valence-corrected chi connectivity index (χ1v) is 10.4. The van der Waals surface area contributed by atoms with Crippen LogP contribution in [0.4, 0.5) is 13.2 Å². The number of ether oxygens (including phenoxy) is 1. The van der Waals surface area contributed by atoms with E-state index in [0.717, 1.165) is 16.0 Å². The number of rotatable bonds is 8. The number of thiophene rings is 1. The summed E-state index contributed by atoms with van der Waals surface area (Å²) in [5.74, 6) is -0.220. The second kappa shape index (κ2) is 9.61. The average Bonchev–Trinajstić information content (AvgIpc) is 3.00. The molecule has 10 heteroatoms. The van der Waals surface area contributed by atoms with E-state index >= 15 is 0 Å². The maximum Gasteiger partial charge on any atom is 0.411 e. The minimum absolute atomic E-state index is 0.124. The summed E-state index contributed by atoms with van der Waals surface area (Å²) in [4.78, 5) is 30.9. The van der Waals surface area contributed by atoms with Gasteiger partial charge in [0.05, 0.1) is 18.3 Å². The average molecular weight is 453 g/mol. The van der Waals surface area contributed by atoms with E-state index in [1.165, 1.54) is 22.2 Å². The minimum Gasteiger partial charge on any atom is -0.367 e. The van der Waals surface area contributed by atoms with Gasteiger partial charge >= 0.3 is 6.18 Å². The van der Waals surface area contributed by atoms with E-state index in [-0.39, 0.29) is 37.6 Å². The number of benzene rings is 1. The smallest absolute Gasteiger partial charge is 0.367 e. The standard InChI is InChI=1S/C21H22F3N3O3S/c1-13-14(2)31-19-18(13)20(29)27(12-26-19)8-7-17(28)25-9-15-3-5-16(6-4-15)10-30-11-21(22,23)24/h3-6,12H,7-11H2,1-2H3,(H,25,28). The molecule has 0 unspecified atom stereocenters. The Morgan fingerprint density at radius 2 is 1.87 bits per heavy atom. The SMILES string of the molecule is Cc1sc2ncn(CCC(=O)NCc3ccc(COCC(F)(F)F)cc3)c(=O)c2c1C. The Morgan fingerprint density at radius 1 is 1.19 bits per heavy atom. The van der Waals surface area contributed by atoms with E-state index in [2.05, 4.69) is 15.0 Å². The van der Waals surface area contributed by atoms with Crippen LogP contribution in [0, 0.1) is 13.8 Å². The summed E-state index contributed by atoms with van der Waals surface area (Å²) in [6, 6.07) is 6.75. The molecule has 0 fully saturated rings. The van der Waals surface area contributed by atoms with Gasteiger partial charge in [0.1, 0.15) is 11.4 Å². The molecule has 0 radical (unpaired) electrons. The fraction of sp³-hybridized carbons (Fsp3) is 0.381. The topological polar surface area (TPSA) is 73.2 Å². The largest absolute Gasteiger partial charge is 0.411 e. The first-order valence-electron chi connectivity index (χ1n) is 9.58. The van der Waals surface area contributed by atoms with Crippen molar-refractivity contribution in [3.05, 3.63) is 62.5 Å². The van der Waals surface area contributed by atoms with E-state index in [1.54, 1.807) is 24.3 Å². The Balaban J connectivity index is 1.48. The molecule has 0 saturated heterocycles. The normalized spacial score (nSPS) is 11.8. The van der Waals surface area contributed by atoms with Crippen molar-refractivity contribution in [2.75, 3.05) is 6.61 Å². The highest BCUT2D eigenvalue weighted by Gasteiger charge is 2.27. The predicted molar refractivity (Wildman–Crippen MR) is 112 cm³/mol. The van der Waals surface area contributed by atoms with Crippen LogP contribution < -0.4 is 10.9 Å². The molecule has 31 heavy (non-hydrogen) atoms. The van der Waals surface area contributed by atoms with Crippen molar-refractivity contribution < 1.29 is 22.7 Å². The van der Waals surface area contributed by atoms with Gasteiger partial charge < -0.3 is 10.1 Å². The van der Waals surface area contributed by atoms with Gasteiger partial charge in [-0.2, -0.15) is 13.2 Å². The fourth-order valence-corrected chi connectivity index (χ4v) is 3.97. The van der Waals surface area contributed by atoms with Crippen LogP contribution in [-0.2, 0) is 29.2 Å². The Morgan fingerprint density at radius 3 is 2.55 bits per heavy atom. The van der Waals surface area contributed by atoms with Crippen LogP contribution in [0.5, 0.6) is 0 Å². The van der Waals surface area contributed by atoms with Crippen molar-refractivity contribution in [3.8, 4) is 0 Å². The fourth-order valence-electron chi connectivity index (χ4n) is 2.98. The molecule has 0 saturated carbocycles. The maximum atomic E-state index is 12.6. The Hall–Kier alpha value is -2.72. The van der Waals surface area contributed by atoms with Gasteiger partial charge in [0.15, 0.2) is 0 Å². The van der Waals surface area contributed by atoms with Crippen molar-refractivity contribution in [1.29, 1.82) is 0 Å². The zero-order valence-corrected chi connectivity index (χ0v) is 17.9. The number of nitrogens with zero attached hydrogens (tertiary/aromatic N) is 2. The van der Waals surface area contributed by atoms with Crippen LogP contribution in [0.15, 0.2) is 35.4 Å². The molecule has 0 aliphatic heterocycles. The molecule has 0 atom stereocenters. The quantitative estimate of drug-likeness (QED) is 0.562. The number of nitrogens with one attached hydrogen (secondary N) is 1. The van der Waals surface area contributed by atoms with Crippen LogP contribution in [0.25, 0.3) is 10.2 Å². The lowest BCUT2D eigenvalue weighted by Gasteiger charge is -2.09. The van der Waals surface area contributed by atoms with E-state index < -0.39 is 12.8 Å². The van der Waals surface area contributed by atoms with Gasteiger partial charge in [-0.3, -0.25) is 14.2 Å². The summed E-state index contributed by atoms with van der Waals surface area (Å²) in [6.45, 7) is 2.91. The van der Waals surface area contributed by atoms with Crippen LogP contribution in [0.1, 0.15) is 28.0 Å². The van der Waals surface area contributed by atoms with E-state index in [9.17, 15) is 22.8 Å². The van der Waals surface area contributed by atoms with Crippen molar-refractivity contribution in [2.45, 2.75) is 46.1 Å². The van der Waals surface area contributed by atoms with Gasteiger partial charge in [-0.05, 0) is 30.5 Å². The molecule has 2 aromatic heterocycles. The summed E-state index contributed by atoms with van der Waals surface area (Å²) < 4.78 is 42.3. The van der Waals surface area contributed by atoms with E-state index in [0.29, 0.717) is 15.8 Å². The number of hydrogen-bond donors (Lipinski definition) is 1. The van der Waals surface area contributed by atoms with Gasteiger partial charge in [0, 0.05) is 24.4 Å². The van der Waals surface area contributed by atoms with Crippen LogP contribution in [0.2, 0.25) is 0 Å². The maximum absolute atomic E-state index is 12.6. The molecule has 3 rings (SSSR count). The molecular formula is C21H22F3N3O3S. The molecule has 166 valence electrons. The number of aryl methyl sites for hydroxylation is 3. The lowest BCUT2D eigenvalue weighted by molar-refractivity contribution is -0.176. The van der Waals surface area contributed by atoms with Gasteiger partial charge in [-0.15, -0.1) is 11.3 Å². The van der Waals surface area contributed by atoms with Crippen molar-refractivity contribution in [3.63, 3.8) is 0 Å². The molecule has 0 spiro atoms. The lowest BCUT2D eigenvalue weighted by Crippen LogP contribution is -2.27. The van der Waals surface area contributed by atoms with Gasteiger partial charge in [0.2, 0.25) is 5.91 Å². The highest BCUT2D eigenvalue weighted by molar-refractivity contribution is 7.18. The van der Waals surface area contributed by atoms with Gasteiger partial charge in [-0.25, -0.2) is 4.98 Å². The van der Waals surface area contributed by atoms with Gasteiger partial charge in [0.25, 0.3) is 5.56 Å². The third-order valence-electron chi connectivity index (χ3n) is 4.78. The van der Waals surface area contributed by atoms with Crippen molar-refractivity contribution in [1.82, 2.24) is 14.9 Å². The number of alkyl halides is 3. The number of hydrogen-bond acceptors (Lipinski definition) is 5. The number of halogens is 3. The second-order valence-electron chi connectivity index (χ2n) is 7.16. The molecule has 2 heterocycles. The number of aromatic nitrogens is 2. The zero-order valence-electron chi connectivity index (χ0n) is 17.1. The summed E-state index contributed by atoms with van der Waals surface area (Å²) in [7, 11) is 0. The predicted octanol–water partition coefficient (Wildman–Crippen LogP) is 3.86.